The zero-order valence-electron chi connectivity index (χ0n) is 13.0. The van der Waals surface area contributed by atoms with Crippen LogP contribution in [-0.2, 0) is 13.0 Å². The molecule has 0 aliphatic rings. The molecule has 2 aromatic rings. The Morgan fingerprint density at radius 2 is 2.00 bits per heavy atom. The molecule has 0 spiro atoms. The Bertz CT molecular complexity index is 570. The van der Waals surface area contributed by atoms with Crippen molar-refractivity contribution in [3.63, 3.8) is 0 Å². The highest BCUT2D eigenvalue weighted by molar-refractivity contribution is 5.44. The lowest BCUT2D eigenvalue weighted by atomic mass is 10.1. The Morgan fingerprint density at radius 3 is 2.65 bits per heavy atom. The third-order valence-electron chi connectivity index (χ3n) is 3.59. The molecule has 0 bridgehead atoms. The molecule has 0 saturated carbocycles. The molecule has 0 fully saturated rings. The number of rotatable bonds is 6. The van der Waals surface area contributed by atoms with Gasteiger partial charge in [-0.15, -0.1) is 0 Å². The second-order valence-corrected chi connectivity index (χ2v) is 5.35. The van der Waals surface area contributed by atoms with Gasteiger partial charge in [0, 0.05) is 17.8 Å². The predicted molar refractivity (Wildman–Crippen MR) is 84.4 cm³/mol. The lowest BCUT2D eigenvalue weighted by Crippen LogP contribution is -2.13. The second-order valence-electron chi connectivity index (χ2n) is 5.35. The van der Waals surface area contributed by atoms with Crippen molar-refractivity contribution in [2.24, 2.45) is 0 Å². The largest absolute Gasteiger partial charge is 0.313 e. The lowest BCUT2D eigenvalue weighted by Gasteiger charge is -2.12. The average Bonchev–Trinajstić information content (AvgIpc) is 2.80. The van der Waals surface area contributed by atoms with Gasteiger partial charge >= 0.3 is 0 Å². The number of hydrogen-bond donors (Lipinski definition) is 1. The van der Waals surface area contributed by atoms with Crippen LogP contribution in [0, 0.1) is 13.8 Å². The molecule has 3 nitrogen and oxygen atoms in total. The third-order valence-corrected chi connectivity index (χ3v) is 3.59. The summed E-state index contributed by atoms with van der Waals surface area (Å²) < 4.78 is 2.12. The molecule has 20 heavy (non-hydrogen) atoms. The van der Waals surface area contributed by atoms with E-state index < -0.39 is 0 Å². The van der Waals surface area contributed by atoms with Crippen molar-refractivity contribution in [2.75, 3.05) is 6.54 Å². The van der Waals surface area contributed by atoms with Crippen LogP contribution in [0.4, 0.5) is 0 Å². The average molecular weight is 271 g/mol. The van der Waals surface area contributed by atoms with E-state index in [2.05, 4.69) is 61.0 Å². The van der Waals surface area contributed by atoms with Gasteiger partial charge in [0.05, 0.1) is 11.9 Å². The summed E-state index contributed by atoms with van der Waals surface area (Å²) in [4.78, 5) is 0. The Morgan fingerprint density at radius 1 is 1.20 bits per heavy atom. The van der Waals surface area contributed by atoms with Gasteiger partial charge in [0.2, 0.25) is 0 Å². The van der Waals surface area contributed by atoms with Crippen molar-refractivity contribution in [1.82, 2.24) is 15.1 Å². The van der Waals surface area contributed by atoms with Gasteiger partial charge < -0.3 is 5.32 Å². The number of benzene rings is 1. The normalized spacial score (nSPS) is 11.0. The van der Waals surface area contributed by atoms with Crippen molar-refractivity contribution in [3.05, 3.63) is 46.8 Å². The van der Waals surface area contributed by atoms with Gasteiger partial charge in [0.15, 0.2) is 0 Å². The first kappa shape index (κ1) is 14.8. The standard InChI is InChI=1S/C17H25N3/c1-5-7-17-15(11-18-6-2)12-19-20(17)16-9-8-13(3)10-14(16)4/h8-10,12,18H,5-7,11H2,1-4H3. The molecule has 0 aliphatic carbocycles. The van der Waals surface area contributed by atoms with Crippen LogP contribution in [0.2, 0.25) is 0 Å². The zero-order chi connectivity index (χ0) is 14.5. The fraction of sp³-hybridized carbons (Fsp3) is 0.471. The Kier molecular flexibility index (Phi) is 4.96. The van der Waals surface area contributed by atoms with E-state index in [9.17, 15) is 0 Å². The summed E-state index contributed by atoms with van der Waals surface area (Å²) in [7, 11) is 0. The van der Waals surface area contributed by atoms with Crippen molar-refractivity contribution < 1.29 is 0 Å². The topological polar surface area (TPSA) is 29.9 Å². The van der Waals surface area contributed by atoms with E-state index in [0.29, 0.717) is 0 Å². The summed E-state index contributed by atoms with van der Waals surface area (Å²) in [6, 6.07) is 6.55. The van der Waals surface area contributed by atoms with Gasteiger partial charge in [-0.3, -0.25) is 0 Å². The number of hydrogen-bond acceptors (Lipinski definition) is 2. The van der Waals surface area contributed by atoms with E-state index in [1.807, 2.05) is 6.20 Å². The minimum atomic E-state index is 0.900. The number of nitrogens with zero attached hydrogens (tertiary/aromatic N) is 2. The molecule has 3 heteroatoms. The van der Waals surface area contributed by atoms with Crippen LogP contribution in [0.1, 0.15) is 42.7 Å². The van der Waals surface area contributed by atoms with Gasteiger partial charge in [-0.1, -0.05) is 38.0 Å². The van der Waals surface area contributed by atoms with Crippen LogP contribution in [0.25, 0.3) is 5.69 Å². The summed E-state index contributed by atoms with van der Waals surface area (Å²) in [5, 5.41) is 8.02. The van der Waals surface area contributed by atoms with Crippen molar-refractivity contribution >= 4 is 0 Å². The molecule has 1 heterocycles. The van der Waals surface area contributed by atoms with Gasteiger partial charge in [-0.25, -0.2) is 4.68 Å². The van der Waals surface area contributed by atoms with Gasteiger partial charge in [0.25, 0.3) is 0 Å². The summed E-state index contributed by atoms with van der Waals surface area (Å²) in [5.41, 5.74) is 6.42. The second kappa shape index (κ2) is 6.71. The fourth-order valence-electron chi connectivity index (χ4n) is 2.57. The van der Waals surface area contributed by atoms with Crippen molar-refractivity contribution in [1.29, 1.82) is 0 Å². The minimum absolute atomic E-state index is 0.900. The highest BCUT2D eigenvalue weighted by Gasteiger charge is 2.12. The Labute approximate surface area is 122 Å². The van der Waals surface area contributed by atoms with Crippen LogP contribution in [-0.4, -0.2) is 16.3 Å². The molecule has 0 atom stereocenters. The van der Waals surface area contributed by atoms with Gasteiger partial charge in [0.1, 0.15) is 0 Å². The zero-order valence-corrected chi connectivity index (χ0v) is 13.0. The molecule has 108 valence electrons. The quantitative estimate of drug-likeness (QED) is 0.870. The van der Waals surface area contributed by atoms with Gasteiger partial charge in [-0.05, 0) is 38.4 Å². The van der Waals surface area contributed by atoms with Gasteiger partial charge in [-0.2, -0.15) is 5.10 Å². The summed E-state index contributed by atoms with van der Waals surface area (Å²) >= 11 is 0. The van der Waals surface area contributed by atoms with Crippen molar-refractivity contribution in [3.8, 4) is 5.69 Å². The predicted octanol–water partition coefficient (Wildman–Crippen LogP) is 3.55. The number of aryl methyl sites for hydroxylation is 2. The summed E-state index contributed by atoms with van der Waals surface area (Å²) in [6.45, 7) is 10.5. The third kappa shape index (κ3) is 3.10. The molecule has 2 rings (SSSR count). The maximum atomic E-state index is 4.63. The highest BCUT2D eigenvalue weighted by Crippen LogP contribution is 2.20. The molecule has 0 radical (unpaired) electrons. The monoisotopic (exact) mass is 271 g/mol. The van der Waals surface area contributed by atoms with E-state index in [1.165, 1.54) is 28.1 Å². The van der Waals surface area contributed by atoms with Crippen LogP contribution in [0.3, 0.4) is 0 Å². The molecule has 1 aromatic heterocycles. The van der Waals surface area contributed by atoms with Crippen LogP contribution >= 0.6 is 0 Å². The first-order valence-electron chi connectivity index (χ1n) is 7.51. The van der Waals surface area contributed by atoms with E-state index >= 15 is 0 Å². The molecule has 1 N–H and O–H groups in total. The highest BCUT2D eigenvalue weighted by atomic mass is 15.3. The molecule has 1 aromatic carbocycles. The molecular weight excluding hydrogens is 246 g/mol. The molecule has 0 amide bonds. The van der Waals surface area contributed by atoms with E-state index in [4.69, 9.17) is 0 Å². The lowest BCUT2D eigenvalue weighted by molar-refractivity contribution is 0.707. The van der Waals surface area contributed by atoms with Crippen LogP contribution in [0.15, 0.2) is 24.4 Å². The number of aromatic nitrogens is 2. The first-order valence-corrected chi connectivity index (χ1v) is 7.51. The summed E-state index contributed by atoms with van der Waals surface area (Å²) in [5.74, 6) is 0. The molecular formula is C17H25N3. The Balaban J connectivity index is 2.42. The molecule has 0 saturated heterocycles. The first-order chi connectivity index (χ1) is 9.67. The maximum Gasteiger partial charge on any atom is 0.0678 e. The minimum Gasteiger partial charge on any atom is -0.313 e. The maximum absolute atomic E-state index is 4.63. The summed E-state index contributed by atoms with van der Waals surface area (Å²) in [6.07, 6.45) is 4.21. The molecule has 0 aliphatic heterocycles. The smallest absolute Gasteiger partial charge is 0.0678 e. The Hall–Kier alpha value is -1.61. The molecule has 0 unspecified atom stereocenters. The van der Waals surface area contributed by atoms with E-state index in [-0.39, 0.29) is 0 Å². The fourth-order valence-corrected chi connectivity index (χ4v) is 2.57. The number of nitrogens with one attached hydrogen (secondary N) is 1. The van der Waals surface area contributed by atoms with E-state index in [0.717, 1.165) is 25.9 Å². The van der Waals surface area contributed by atoms with E-state index in [1.54, 1.807) is 0 Å². The van der Waals surface area contributed by atoms with Crippen LogP contribution < -0.4 is 5.32 Å². The van der Waals surface area contributed by atoms with Crippen molar-refractivity contribution in [2.45, 2.75) is 47.1 Å². The van der Waals surface area contributed by atoms with Crippen LogP contribution in [0.5, 0.6) is 0 Å². The SMILES string of the molecule is CCCc1c(CNCC)cnn1-c1ccc(C)cc1C.